The van der Waals surface area contributed by atoms with Gasteiger partial charge in [-0.25, -0.2) is 4.79 Å². The fourth-order valence-corrected chi connectivity index (χ4v) is 3.65. The highest BCUT2D eigenvalue weighted by atomic mass is 16.4. The summed E-state index contributed by atoms with van der Waals surface area (Å²) >= 11 is 0. The average molecular weight is 513 g/mol. The van der Waals surface area contributed by atoms with E-state index in [1.807, 2.05) is 6.92 Å². The largest absolute Gasteiger partial charge is 0.508 e. The Morgan fingerprint density at radius 1 is 0.784 bits per heavy atom. The van der Waals surface area contributed by atoms with Crippen molar-refractivity contribution in [1.82, 2.24) is 16.0 Å². The van der Waals surface area contributed by atoms with Crippen molar-refractivity contribution in [3.8, 4) is 5.75 Å². The highest BCUT2D eigenvalue weighted by Crippen LogP contribution is 2.14. The molecular weight excluding hydrogens is 476 g/mol. The van der Waals surface area contributed by atoms with Crippen LogP contribution < -0.4 is 21.7 Å². The van der Waals surface area contributed by atoms with E-state index in [-0.39, 0.29) is 24.5 Å². The summed E-state index contributed by atoms with van der Waals surface area (Å²) in [6, 6.07) is 10.8. The maximum atomic E-state index is 13.3. The smallest absolute Gasteiger partial charge is 0.326 e. The topological polar surface area (TPSA) is 171 Å². The van der Waals surface area contributed by atoms with Crippen LogP contribution >= 0.6 is 0 Å². The lowest BCUT2D eigenvalue weighted by molar-refractivity contribution is -0.142. The molecule has 0 heterocycles. The zero-order valence-electron chi connectivity index (χ0n) is 21.3. The maximum absolute atomic E-state index is 13.3. The number of aromatic hydroxyl groups is 1. The maximum Gasteiger partial charge on any atom is 0.326 e. The molecule has 5 atom stereocenters. The van der Waals surface area contributed by atoms with E-state index in [1.165, 1.54) is 19.1 Å². The molecule has 37 heavy (non-hydrogen) atoms. The molecule has 7 N–H and O–H groups in total. The molecule has 0 aliphatic carbocycles. The molecule has 2 aromatic carbocycles. The molecule has 5 unspecified atom stereocenters. The van der Waals surface area contributed by atoms with Crippen molar-refractivity contribution >= 4 is 23.7 Å². The number of hydrogen-bond acceptors (Lipinski definition) is 6. The van der Waals surface area contributed by atoms with E-state index in [2.05, 4.69) is 16.0 Å². The van der Waals surface area contributed by atoms with E-state index in [9.17, 15) is 29.4 Å². The quantitative estimate of drug-likeness (QED) is 0.233. The van der Waals surface area contributed by atoms with Gasteiger partial charge in [0.25, 0.3) is 0 Å². The molecule has 0 aliphatic rings. The van der Waals surface area contributed by atoms with Crippen LogP contribution in [0.25, 0.3) is 0 Å². The summed E-state index contributed by atoms with van der Waals surface area (Å²) in [6.45, 7) is 5.16. The summed E-state index contributed by atoms with van der Waals surface area (Å²) in [7, 11) is 0. The van der Waals surface area contributed by atoms with Gasteiger partial charge in [-0.3, -0.25) is 14.4 Å². The van der Waals surface area contributed by atoms with Crippen molar-refractivity contribution in [3.05, 3.63) is 65.7 Å². The van der Waals surface area contributed by atoms with Gasteiger partial charge in [0.05, 0.1) is 6.04 Å². The SMILES string of the molecule is CCC(C)C(NC(=O)C(C)N)C(=O)NC(Cc1ccc(O)cc1)C(=O)NC(Cc1ccccc1)C(=O)O. The molecule has 10 heteroatoms. The molecule has 10 nitrogen and oxygen atoms in total. The Hall–Kier alpha value is -3.92. The van der Waals surface area contributed by atoms with Gasteiger partial charge in [0.2, 0.25) is 17.7 Å². The number of aliphatic carboxylic acids is 1. The van der Waals surface area contributed by atoms with Crippen LogP contribution in [0.2, 0.25) is 0 Å². The number of amides is 3. The number of carboxylic acid groups (broad SMARTS) is 1. The third-order valence-corrected chi connectivity index (χ3v) is 6.11. The molecule has 0 aromatic heterocycles. The number of carboxylic acids is 1. The van der Waals surface area contributed by atoms with Crippen LogP contribution in [0.1, 0.15) is 38.3 Å². The number of benzene rings is 2. The first-order valence-electron chi connectivity index (χ1n) is 12.2. The molecular formula is C27H36N4O6. The van der Waals surface area contributed by atoms with E-state index in [0.717, 1.165) is 5.56 Å². The zero-order chi connectivity index (χ0) is 27.5. The fraction of sp³-hybridized carbons (Fsp3) is 0.407. The summed E-state index contributed by atoms with van der Waals surface area (Å²) in [5, 5.41) is 27.2. The molecule has 0 bridgehead atoms. The lowest BCUT2D eigenvalue weighted by Crippen LogP contribution is -2.59. The molecule has 3 amide bonds. The number of rotatable bonds is 13. The Labute approximate surface area is 216 Å². The second kappa shape index (κ2) is 14.0. The molecule has 0 radical (unpaired) electrons. The van der Waals surface area contributed by atoms with Gasteiger partial charge in [0.1, 0.15) is 23.9 Å². The van der Waals surface area contributed by atoms with Gasteiger partial charge >= 0.3 is 5.97 Å². The van der Waals surface area contributed by atoms with Crippen LogP contribution in [-0.4, -0.2) is 58.1 Å². The van der Waals surface area contributed by atoms with Gasteiger partial charge in [-0.1, -0.05) is 62.7 Å². The molecule has 0 aliphatic heterocycles. The minimum atomic E-state index is -1.22. The van der Waals surface area contributed by atoms with Crippen molar-refractivity contribution in [1.29, 1.82) is 0 Å². The van der Waals surface area contributed by atoms with Gasteiger partial charge in [0.15, 0.2) is 0 Å². The van der Waals surface area contributed by atoms with Crippen LogP contribution in [0.5, 0.6) is 5.75 Å². The van der Waals surface area contributed by atoms with Crippen molar-refractivity contribution in [2.24, 2.45) is 11.7 Å². The Balaban J connectivity index is 2.28. The lowest BCUT2D eigenvalue weighted by atomic mass is 9.96. The molecule has 2 aromatic rings. The zero-order valence-corrected chi connectivity index (χ0v) is 21.3. The minimum absolute atomic E-state index is 0.0317. The van der Waals surface area contributed by atoms with Crippen LogP contribution in [0, 0.1) is 5.92 Å². The molecule has 0 saturated heterocycles. The van der Waals surface area contributed by atoms with Crippen LogP contribution in [0.15, 0.2) is 54.6 Å². The summed E-state index contributed by atoms with van der Waals surface area (Å²) in [5.74, 6) is -3.21. The van der Waals surface area contributed by atoms with Crippen molar-refractivity contribution < 1.29 is 29.4 Å². The summed E-state index contributed by atoms with van der Waals surface area (Å²) in [4.78, 5) is 50.7. The number of nitrogens with one attached hydrogen (secondary N) is 3. The van der Waals surface area contributed by atoms with Crippen molar-refractivity contribution in [2.45, 2.75) is 64.2 Å². The number of carbonyl (C=O) groups excluding carboxylic acids is 3. The number of hydrogen-bond donors (Lipinski definition) is 6. The van der Waals surface area contributed by atoms with E-state index in [4.69, 9.17) is 5.73 Å². The fourth-order valence-electron chi connectivity index (χ4n) is 3.65. The molecule has 0 fully saturated rings. The molecule has 2 rings (SSSR count). The molecule has 0 saturated carbocycles. The van der Waals surface area contributed by atoms with E-state index >= 15 is 0 Å². The van der Waals surface area contributed by atoms with E-state index in [0.29, 0.717) is 12.0 Å². The van der Waals surface area contributed by atoms with Gasteiger partial charge in [0, 0.05) is 12.8 Å². The Morgan fingerprint density at radius 3 is 1.86 bits per heavy atom. The van der Waals surface area contributed by atoms with Crippen LogP contribution in [0.3, 0.4) is 0 Å². The molecule has 200 valence electrons. The Morgan fingerprint density at radius 2 is 1.32 bits per heavy atom. The predicted octanol–water partition coefficient (Wildman–Crippen LogP) is 1.11. The Bertz CT molecular complexity index is 1060. The third kappa shape index (κ3) is 9.23. The van der Waals surface area contributed by atoms with Crippen LogP contribution in [-0.2, 0) is 32.0 Å². The third-order valence-electron chi connectivity index (χ3n) is 6.11. The monoisotopic (exact) mass is 512 g/mol. The first kappa shape index (κ1) is 29.3. The normalized spacial score (nSPS) is 14.9. The van der Waals surface area contributed by atoms with Gasteiger partial charge in [-0.2, -0.15) is 0 Å². The van der Waals surface area contributed by atoms with Crippen molar-refractivity contribution in [3.63, 3.8) is 0 Å². The van der Waals surface area contributed by atoms with E-state index < -0.39 is 47.9 Å². The number of phenols is 1. The minimum Gasteiger partial charge on any atom is -0.508 e. The number of nitrogens with two attached hydrogens (primary N) is 1. The molecule has 0 spiro atoms. The Kier molecular flexibility index (Phi) is 11.1. The predicted molar refractivity (Wildman–Crippen MR) is 138 cm³/mol. The highest BCUT2D eigenvalue weighted by Gasteiger charge is 2.32. The second-order valence-electron chi connectivity index (χ2n) is 9.18. The average Bonchev–Trinajstić information content (AvgIpc) is 2.87. The number of phenolic OH excluding ortho intramolecular Hbond substituents is 1. The summed E-state index contributed by atoms with van der Waals surface area (Å²) in [6.07, 6.45) is 0.663. The van der Waals surface area contributed by atoms with Gasteiger partial charge in [-0.15, -0.1) is 0 Å². The van der Waals surface area contributed by atoms with Crippen LogP contribution in [0.4, 0.5) is 0 Å². The standard InChI is InChI=1S/C27H36N4O6/c1-4-16(2)23(31-24(33)17(3)28)26(35)29-21(14-19-10-12-20(32)13-11-19)25(34)30-22(27(36)37)15-18-8-6-5-7-9-18/h5-13,16-17,21-23,32H,4,14-15,28H2,1-3H3,(H,29,35)(H,30,34)(H,31,33)(H,36,37). The van der Waals surface area contributed by atoms with Gasteiger partial charge in [-0.05, 0) is 36.1 Å². The number of carbonyl (C=O) groups is 4. The van der Waals surface area contributed by atoms with E-state index in [1.54, 1.807) is 49.4 Å². The highest BCUT2D eigenvalue weighted by molar-refractivity contribution is 5.94. The first-order valence-corrected chi connectivity index (χ1v) is 12.2. The first-order chi connectivity index (χ1) is 17.5. The van der Waals surface area contributed by atoms with Gasteiger partial charge < -0.3 is 31.9 Å². The summed E-state index contributed by atoms with van der Waals surface area (Å²) in [5.41, 5.74) is 7.01. The lowest BCUT2D eigenvalue weighted by Gasteiger charge is -2.27. The van der Waals surface area contributed by atoms with Crippen molar-refractivity contribution in [2.75, 3.05) is 0 Å². The second-order valence-corrected chi connectivity index (χ2v) is 9.18. The summed E-state index contributed by atoms with van der Waals surface area (Å²) < 4.78 is 0.